The van der Waals surface area contributed by atoms with Crippen LogP contribution in [0.3, 0.4) is 0 Å². The predicted octanol–water partition coefficient (Wildman–Crippen LogP) is 2.26. The van der Waals surface area contributed by atoms with Crippen LogP contribution in [0.15, 0.2) is 34.4 Å². The molecule has 0 unspecified atom stereocenters. The first-order chi connectivity index (χ1) is 8.58. The summed E-state index contributed by atoms with van der Waals surface area (Å²) in [6.07, 6.45) is 1.52. The molecule has 2 aromatic heterocycles. The normalized spacial score (nSPS) is 10.1. The van der Waals surface area contributed by atoms with Crippen LogP contribution in [0.2, 0.25) is 0 Å². The van der Waals surface area contributed by atoms with Crippen LogP contribution in [0.5, 0.6) is 0 Å². The first kappa shape index (κ1) is 12.7. The van der Waals surface area contributed by atoms with Gasteiger partial charge in [-0.1, -0.05) is 0 Å². The third-order valence-corrected chi connectivity index (χ3v) is 3.41. The summed E-state index contributed by atoms with van der Waals surface area (Å²) in [5.74, 6) is -0.884. The number of thiophene rings is 1. The van der Waals surface area contributed by atoms with Gasteiger partial charge in [-0.25, -0.2) is 4.98 Å². The van der Waals surface area contributed by atoms with Gasteiger partial charge < -0.3 is 11.1 Å². The number of amides is 2. The van der Waals surface area contributed by atoms with E-state index in [2.05, 4.69) is 26.2 Å². The summed E-state index contributed by atoms with van der Waals surface area (Å²) in [6, 6.07) is 4.75. The molecule has 0 aliphatic rings. The Balaban J connectivity index is 2.21. The molecule has 2 rings (SSSR count). The van der Waals surface area contributed by atoms with E-state index in [0.29, 0.717) is 20.7 Å². The highest BCUT2D eigenvalue weighted by Crippen LogP contribution is 2.23. The lowest BCUT2D eigenvalue weighted by atomic mass is 10.2. The number of hydrogen-bond acceptors (Lipinski definition) is 4. The quantitative estimate of drug-likeness (QED) is 0.849. The van der Waals surface area contributed by atoms with Crippen LogP contribution in [0.1, 0.15) is 20.7 Å². The van der Waals surface area contributed by atoms with Gasteiger partial charge in [0.15, 0.2) is 0 Å². The van der Waals surface area contributed by atoms with Crippen molar-refractivity contribution in [3.05, 3.63) is 45.5 Å². The number of primary amides is 1. The summed E-state index contributed by atoms with van der Waals surface area (Å²) < 4.78 is 0.566. The zero-order valence-electron chi connectivity index (χ0n) is 9.01. The summed E-state index contributed by atoms with van der Waals surface area (Å²) >= 11 is 4.43. The minimum absolute atomic E-state index is 0.307. The average Bonchev–Trinajstić information content (AvgIpc) is 2.77. The highest BCUT2D eigenvalue weighted by Gasteiger charge is 2.13. The molecule has 0 aliphatic carbocycles. The fourth-order valence-corrected chi connectivity index (χ4v) is 2.47. The van der Waals surface area contributed by atoms with Gasteiger partial charge in [-0.15, -0.1) is 11.3 Å². The zero-order chi connectivity index (χ0) is 13.1. The van der Waals surface area contributed by atoms with Crippen LogP contribution in [0.4, 0.5) is 5.00 Å². The second kappa shape index (κ2) is 5.28. The maximum Gasteiger partial charge on any atom is 0.256 e. The standard InChI is InChI=1S/C11H8BrN3O2S/c12-8-5-6(1-3-14-8)10(17)15-11-7(9(13)16)2-4-18-11/h1-5H,(H2,13,16)(H,15,17). The van der Waals surface area contributed by atoms with E-state index < -0.39 is 5.91 Å². The van der Waals surface area contributed by atoms with Crippen molar-refractivity contribution < 1.29 is 9.59 Å². The molecule has 0 radical (unpaired) electrons. The Labute approximate surface area is 115 Å². The number of nitrogens with two attached hydrogens (primary N) is 1. The fraction of sp³-hybridized carbons (Fsp3) is 0. The molecule has 0 atom stereocenters. The number of anilines is 1. The molecule has 92 valence electrons. The minimum atomic E-state index is -0.567. The van der Waals surface area contributed by atoms with Gasteiger partial charge in [0.1, 0.15) is 9.60 Å². The van der Waals surface area contributed by atoms with Crippen LogP contribution >= 0.6 is 27.3 Å². The molecule has 0 fully saturated rings. The van der Waals surface area contributed by atoms with Gasteiger partial charge in [-0.3, -0.25) is 9.59 Å². The second-order valence-corrected chi connectivity index (χ2v) is 5.08. The predicted molar refractivity (Wildman–Crippen MR) is 72.7 cm³/mol. The van der Waals surface area contributed by atoms with Gasteiger partial charge >= 0.3 is 0 Å². The van der Waals surface area contributed by atoms with Crippen molar-refractivity contribution in [2.45, 2.75) is 0 Å². The molecule has 2 heterocycles. The van der Waals surface area contributed by atoms with Crippen molar-refractivity contribution in [1.82, 2.24) is 4.98 Å². The third-order valence-electron chi connectivity index (χ3n) is 2.15. The molecule has 0 saturated heterocycles. The maximum atomic E-state index is 11.9. The molecule has 7 heteroatoms. The number of rotatable bonds is 3. The number of pyridine rings is 1. The SMILES string of the molecule is NC(=O)c1ccsc1NC(=O)c1ccnc(Br)c1. The lowest BCUT2D eigenvalue weighted by Gasteiger charge is -2.04. The van der Waals surface area contributed by atoms with Crippen LogP contribution in [0.25, 0.3) is 0 Å². The smallest absolute Gasteiger partial charge is 0.256 e. The highest BCUT2D eigenvalue weighted by molar-refractivity contribution is 9.10. The highest BCUT2D eigenvalue weighted by atomic mass is 79.9. The summed E-state index contributed by atoms with van der Waals surface area (Å²) in [5.41, 5.74) is 5.95. The van der Waals surface area contributed by atoms with Crippen molar-refractivity contribution in [3.63, 3.8) is 0 Å². The molecule has 2 amide bonds. The number of hydrogen-bond donors (Lipinski definition) is 2. The summed E-state index contributed by atoms with van der Waals surface area (Å²) in [4.78, 5) is 27.0. The molecule has 0 aromatic carbocycles. The Morgan fingerprint density at radius 3 is 2.83 bits per heavy atom. The Bertz CT molecular complexity index is 612. The van der Waals surface area contributed by atoms with Crippen LogP contribution < -0.4 is 11.1 Å². The van der Waals surface area contributed by atoms with Crippen molar-refractivity contribution >= 4 is 44.1 Å². The lowest BCUT2D eigenvalue weighted by Crippen LogP contribution is -2.16. The number of carbonyl (C=O) groups excluding carboxylic acids is 2. The van der Waals surface area contributed by atoms with E-state index in [9.17, 15) is 9.59 Å². The molecular formula is C11H8BrN3O2S. The lowest BCUT2D eigenvalue weighted by molar-refractivity contribution is 0.100. The topological polar surface area (TPSA) is 85.1 Å². The molecule has 0 aliphatic heterocycles. The molecule has 5 nitrogen and oxygen atoms in total. The van der Waals surface area contributed by atoms with Crippen LogP contribution in [-0.4, -0.2) is 16.8 Å². The number of aromatic nitrogens is 1. The summed E-state index contributed by atoms with van der Waals surface area (Å²) in [6.45, 7) is 0. The van der Waals surface area contributed by atoms with E-state index in [-0.39, 0.29) is 5.91 Å². The van der Waals surface area contributed by atoms with E-state index in [4.69, 9.17) is 5.73 Å². The average molecular weight is 326 g/mol. The number of halogens is 1. The Kier molecular flexibility index (Phi) is 3.73. The van der Waals surface area contributed by atoms with Gasteiger partial charge in [0.05, 0.1) is 5.56 Å². The third kappa shape index (κ3) is 2.74. The van der Waals surface area contributed by atoms with E-state index in [1.807, 2.05) is 0 Å². The Morgan fingerprint density at radius 2 is 2.17 bits per heavy atom. The van der Waals surface area contributed by atoms with E-state index in [0.717, 1.165) is 0 Å². The second-order valence-electron chi connectivity index (χ2n) is 3.35. The fourth-order valence-electron chi connectivity index (χ4n) is 1.32. The number of carbonyl (C=O) groups is 2. The first-order valence-corrected chi connectivity index (χ1v) is 6.55. The summed E-state index contributed by atoms with van der Waals surface area (Å²) in [7, 11) is 0. The number of nitrogens with one attached hydrogen (secondary N) is 1. The molecule has 0 spiro atoms. The number of nitrogens with zero attached hydrogens (tertiary/aromatic N) is 1. The van der Waals surface area contributed by atoms with Gasteiger partial charge in [-0.2, -0.15) is 0 Å². The minimum Gasteiger partial charge on any atom is -0.366 e. The first-order valence-electron chi connectivity index (χ1n) is 4.88. The van der Waals surface area contributed by atoms with Gasteiger partial charge in [0, 0.05) is 11.8 Å². The van der Waals surface area contributed by atoms with Crippen molar-refractivity contribution in [3.8, 4) is 0 Å². The van der Waals surface area contributed by atoms with Gasteiger partial charge in [-0.05, 0) is 39.5 Å². The molecule has 3 N–H and O–H groups in total. The Hall–Kier alpha value is -1.73. The molecule has 18 heavy (non-hydrogen) atoms. The summed E-state index contributed by atoms with van der Waals surface area (Å²) in [5, 5.41) is 4.78. The molecule has 2 aromatic rings. The van der Waals surface area contributed by atoms with Gasteiger partial charge in [0.2, 0.25) is 0 Å². The van der Waals surface area contributed by atoms with Gasteiger partial charge in [0.25, 0.3) is 11.8 Å². The van der Waals surface area contributed by atoms with Crippen LogP contribution in [-0.2, 0) is 0 Å². The Morgan fingerprint density at radius 1 is 1.39 bits per heavy atom. The molecule has 0 bridgehead atoms. The molecule has 0 saturated carbocycles. The van der Waals surface area contributed by atoms with Crippen LogP contribution in [0, 0.1) is 0 Å². The maximum absolute atomic E-state index is 11.9. The van der Waals surface area contributed by atoms with E-state index in [1.165, 1.54) is 17.5 Å². The zero-order valence-corrected chi connectivity index (χ0v) is 11.4. The van der Waals surface area contributed by atoms with E-state index in [1.54, 1.807) is 23.6 Å². The monoisotopic (exact) mass is 325 g/mol. The van der Waals surface area contributed by atoms with E-state index >= 15 is 0 Å². The van der Waals surface area contributed by atoms with Crippen molar-refractivity contribution in [1.29, 1.82) is 0 Å². The largest absolute Gasteiger partial charge is 0.366 e. The molecular weight excluding hydrogens is 318 g/mol. The van der Waals surface area contributed by atoms with Crippen molar-refractivity contribution in [2.24, 2.45) is 5.73 Å². The van der Waals surface area contributed by atoms with Crippen molar-refractivity contribution in [2.75, 3.05) is 5.32 Å².